The lowest BCUT2D eigenvalue weighted by molar-refractivity contribution is 0.122. The lowest BCUT2D eigenvalue weighted by Crippen LogP contribution is -2.37. The van der Waals surface area contributed by atoms with Gasteiger partial charge in [0, 0.05) is 31.4 Å². The topological polar surface area (TPSA) is 58.4 Å². The lowest BCUT2D eigenvalue weighted by atomic mass is 9.94. The van der Waals surface area contributed by atoms with Crippen LogP contribution in [0.4, 0.5) is 4.79 Å². The number of aromatic nitrogens is 2. The van der Waals surface area contributed by atoms with E-state index >= 15 is 0 Å². The molecule has 1 amide bonds. The molecule has 5 heteroatoms. The molecule has 1 aliphatic heterocycles. The van der Waals surface area contributed by atoms with Gasteiger partial charge in [-0.1, -0.05) is 30.3 Å². The van der Waals surface area contributed by atoms with Gasteiger partial charge in [-0.2, -0.15) is 0 Å². The molecule has 0 bridgehead atoms. The van der Waals surface area contributed by atoms with E-state index in [9.17, 15) is 4.79 Å². The molecule has 2 aromatic rings. The van der Waals surface area contributed by atoms with Gasteiger partial charge in [0.05, 0.1) is 12.0 Å². The average Bonchev–Trinajstić information content (AvgIpc) is 3.03. The first-order chi connectivity index (χ1) is 10.7. The maximum atomic E-state index is 10.9. The van der Waals surface area contributed by atoms with Crippen LogP contribution in [0.2, 0.25) is 0 Å². The number of amides is 1. The first-order valence-electron chi connectivity index (χ1n) is 7.77. The number of imidazole rings is 1. The Hall–Kier alpha value is -2.30. The normalized spacial score (nSPS) is 15.9. The minimum Gasteiger partial charge on any atom is -0.465 e. The number of carboxylic acid groups (broad SMARTS) is 1. The van der Waals surface area contributed by atoms with Crippen LogP contribution < -0.4 is 0 Å². The number of benzene rings is 1. The largest absolute Gasteiger partial charge is 0.465 e. The van der Waals surface area contributed by atoms with E-state index in [0.29, 0.717) is 19.0 Å². The first-order valence-corrected chi connectivity index (χ1v) is 7.77. The zero-order valence-corrected chi connectivity index (χ0v) is 12.6. The van der Waals surface area contributed by atoms with Gasteiger partial charge < -0.3 is 14.6 Å². The van der Waals surface area contributed by atoms with Crippen LogP contribution in [0.5, 0.6) is 0 Å². The van der Waals surface area contributed by atoms with Crippen LogP contribution in [0.3, 0.4) is 0 Å². The molecule has 3 rings (SSSR count). The third kappa shape index (κ3) is 3.47. The van der Waals surface area contributed by atoms with Gasteiger partial charge in [-0.3, -0.25) is 0 Å². The number of piperidine rings is 1. The van der Waals surface area contributed by atoms with E-state index in [4.69, 9.17) is 5.11 Å². The summed E-state index contributed by atoms with van der Waals surface area (Å²) in [6, 6.07) is 10.2. The van der Waals surface area contributed by atoms with Crippen LogP contribution in [0, 0.1) is 5.92 Å². The second kappa shape index (κ2) is 6.64. The molecular formula is C17H21N3O2. The van der Waals surface area contributed by atoms with Crippen molar-refractivity contribution in [2.45, 2.75) is 25.8 Å². The molecule has 5 nitrogen and oxygen atoms in total. The van der Waals surface area contributed by atoms with Crippen molar-refractivity contribution in [1.29, 1.82) is 0 Å². The Kier molecular flexibility index (Phi) is 4.42. The smallest absolute Gasteiger partial charge is 0.407 e. The molecule has 0 aliphatic carbocycles. The van der Waals surface area contributed by atoms with Crippen molar-refractivity contribution in [2.24, 2.45) is 5.92 Å². The SMILES string of the molecule is O=C(O)N1CCC(CCn2cnc(-c3ccccc3)c2)CC1. The summed E-state index contributed by atoms with van der Waals surface area (Å²) >= 11 is 0. The van der Waals surface area contributed by atoms with E-state index in [1.165, 1.54) is 4.90 Å². The molecule has 1 aromatic carbocycles. The first kappa shape index (κ1) is 14.6. The summed E-state index contributed by atoms with van der Waals surface area (Å²) < 4.78 is 2.13. The average molecular weight is 299 g/mol. The number of carbonyl (C=O) groups is 1. The maximum absolute atomic E-state index is 10.9. The predicted octanol–water partition coefficient (Wildman–Crippen LogP) is 3.33. The van der Waals surface area contributed by atoms with Gasteiger partial charge in [-0.15, -0.1) is 0 Å². The molecule has 0 atom stereocenters. The zero-order chi connectivity index (χ0) is 15.4. The van der Waals surface area contributed by atoms with Crippen LogP contribution >= 0.6 is 0 Å². The number of hydrogen-bond acceptors (Lipinski definition) is 2. The molecule has 0 spiro atoms. The highest BCUT2D eigenvalue weighted by atomic mass is 16.4. The van der Waals surface area contributed by atoms with Crippen LogP contribution in [-0.4, -0.2) is 38.7 Å². The zero-order valence-electron chi connectivity index (χ0n) is 12.6. The summed E-state index contributed by atoms with van der Waals surface area (Å²) in [5.41, 5.74) is 2.14. The fourth-order valence-corrected chi connectivity index (χ4v) is 2.98. The van der Waals surface area contributed by atoms with Crippen molar-refractivity contribution in [2.75, 3.05) is 13.1 Å². The van der Waals surface area contributed by atoms with Crippen LogP contribution in [0.1, 0.15) is 19.3 Å². The van der Waals surface area contributed by atoms with Gasteiger partial charge in [-0.05, 0) is 25.2 Å². The fourth-order valence-electron chi connectivity index (χ4n) is 2.98. The molecule has 0 saturated carbocycles. The Morgan fingerprint density at radius 3 is 2.64 bits per heavy atom. The van der Waals surface area contributed by atoms with Crippen molar-refractivity contribution in [3.05, 3.63) is 42.9 Å². The predicted molar refractivity (Wildman–Crippen MR) is 84.6 cm³/mol. The quantitative estimate of drug-likeness (QED) is 0.942. The fraction of sp³-hybridized carbons (Fsp3) is 0.412. The summed E-state index contributed by atoms with van der Waals surface area (Å²) in [7, 11) is 0. The van der Waals surface area contributed by atoms with Crippen LogP contribution in [0.25, 0.3) is 11.3 Å². The molecule has 1 aromatic heterocycles. The Balaban J connectivity index is 1.51. The molecule has 1 N–H and O–H groups in total. The van der Waals surface area contributed by atoms with Crippen molar-refractivity contribution in [1.82, 2.24) is 14.5 Å². The van der Waals surface area contributed by atoms with E-state index < -0.39 is 6.09 Å². The summed E-state index contributed by atoms with van der Waals surface area (Å²) in [5.74, 6) is 0.609. The second-order valence-electron chi connectivity index (χ2n) is 5.86. The molecular weight excluding hydrogens is 278 g/mol. The van der Waals surface area contributed by atoms with Gasteiger partial charge in [0.2, 0.25) is 0 Å². The number of nitrogens with zero attached hydrogens (tertiary/aromatic N) is 3. The molecule has 1 saturated heterocycles. The Labute approximate surface area is 130 Å². The summed E-state index contributed by atoms with van der Waals surface area (Å²) in [6.45, 7) is 2.27. The summed E-state index contributed by atoms with van der Waals surface area (Å²) in [5, 5.41) is 8.96. The van der Waals surface area contributed by atoms with E-state index in [1.807, 2.05) is 24.5 Å². The minimum atomic E-state index is -0.791. The van der Waals surface area contributed by atoms with Crippen LogP contribution in [-0.2, 0) is 6.54 Å². The third-order valence-corrected chi connectivity index (χ3v) is 4.38. The minimum absolute atomic E-state index is 0.609. The van der Waals surface area contributed by atoms with Gasteiger partial charge in [-0.25, -0.2) is 9.78 Å². The number of likely N-dealkylation sites (tertiary alicyclic amines) is 1. The van der Waals surface area contributed by atoms with Gasteiger partial charge in [0.15, 0.2) is 0 Å². The van der Waals surface area contributed by atoms with Crippen molar-refractivity contribution < 1.29 is 9.90 Å². The van der Waals surface area contributed by atoms with Crippen molar-refractivity contribution in [3.8, 4) is 11.3 Å². The van der Waals surface area contributed by atoms with Gasteiger partial charge >= 0.3 is 6.09 Å². The Morgan fingerprint density at radius 1 is 1.23 bits per heavy atom. The van der Waals surface area contributed by atoms with E-state index in [-0.39, 0.29) is 0 Å². The number of hydrogen-bond donors (Lipinski definition) is 1. The highest BCUT2D eigenvalue weighted by Gasteiger charge is 2.21. The standard InChI is InChI=1S/C17H21N3O2/c21-17(22)20-10-7-14(8-11-20)6-9-19-12-16(18-13-19)15-4-2-1-3-5-15/h1-5,12-14H,6-11H2,(H,21,22). The van der Waals surface area contributed by atoms with Gasteiger partial charge in [0.25, 0.3) is 0 Å². The molecule has 0 unspecified atom stereocenters. The number of aryl methyl sites for hydroxylation is 1. The molecule has 0 radical (unpaired) electrons. The molecule has 116 valence electrons. The molecule has 1 aliphatic rings. The maximum Gasteiger partial charge on any atom is 0.407 e. The van der Waals surface area contributed by atoms with Gasteiger partial charge in [0.1, 0.15) is 0 Å². The van der Waals surface area contributed by atoms with Crippen molar-refractivity contribution in [3.63, 3.8) is 0 Å². The molecule has 1 fully saturated rings. The summed E-state index contributed by atoms with van der Waals surface area (Å²) in [6.07, 6.45) is 6.19. The highest BCUT2D eigenvalue weighted by Crippen LogP contribution is 2.22. The van der Waals surface area contributed by atoms with E-state index in [2.05, 4.69) is 27.9 Å². The monoisotopic (exact) mass is 299 g/mol. The Morgan fingerprint density at radius 2 is 1.95 bits per heavy atom. The highest BCUT2D eigenvalue weighted by molar-refractivity contribution is 5.65. The third-order valence-electron chi connectivity index (χ3n) is 4.38. The van der Waals surface area contributed by atoms with E-state index in [1.54, 1.807) is 0 Å². The lowest BCUT2D eigenvalue weighted by Gasteiger charge is -2.29. The number of rotatable bonds is 4. The second-order valence-corrected chi connectivity index (χ2v) is 5.86. The van der Waals surface area contributed by atoms with Crippen molar-refractivity contribution >= 4 is 6.09 Å². The van der Waals surface area contributed by atoms with Crippen LogP contribution in [0.15, 0.2) is 42.9 Å². The molecule has 22 heavy (non-hydrogen) atoms. The molecule has 2 heterocycles. The summed E-state index contributed by atoms with van der Waals surface area (Å²) in [4.78, 5) is 16.9. The van der Waals surface area contributed by atoms with E-state index in [0.717, 1.165) is 37.1 Å². The Bertz CT molecular complexity index is 616.